The van der Waals surface area contributed by atoms with Crippen LogP contribution in [0.25, 0.3) is 0 Å². The van der Waals surface area contributed by atoms with Crippen LogP contribution in [-0.4, -0.2) is 12.9 Å². The zero-order valence-corrected chi connectivity index (χ0v) is 8.55. The molecule has 0 amide bonds. The van der Waals surface area contributed by atoms with E-state index in [1.54, 1.807) is 13.0 Å². The highest BCUT2D eigenvalue weighted by molar-refractivity contribution is 6.32. The van der Waals surface area contributed by atoms with Crippen LogP contribution >= 0.6 is 11.6 Å². The Bertz CT molecular complexity index is 421. The fraction of sp³-hybridized carbons (Fsp3) is 0.200. The molecular formula is C10H8ClNO2. The number of hydrogen-bond donors (Lipinski definition) is 0. The van der Waals surface area contributed by atoms with Gasteiger partial charge in [0.05, 0.1) is 12.7 Å². The Kier molecular flexibility index (Phi) is 3.10. The molecule has 0 aliphatic rings. The SMILES string of the molecule is COc1cc(C)c(Cl)cc1C(=O)C#N. The van der Waals surface area contributed by atoms with E-state index in [0.29, 0.717) is 10.8 Å². The molecule has 0 radical (unpaired) electrons. The van der Waals surface area contributed by atoms with Gasteiger partial charge in [0.2, 0.25) is 0 Å². The van der Waals surface area contributed by atoms with E-state index < -0.39 is 5.78 Å². The predicted molar refractivity (Wildman–Crippen MR) is 52.7 cm³/mol. The molecule has 0 unspecified atom stereocenters. The lowest BCUT2D eigenvalue weighted by Gasteiger charge is -2.06. The second-order valence-electron chi connectivity index (χ2n) is 2.74. The van der Waals surface area contributed by atoms with Gasteiger partial charge in [0.25, 0.3) is 5.78 Å². The molecule has 0 bridgehead atoms. The second kappa shape index (κ2) is 4.12. The van der Waals surface area contributed by atoms with E-state index in [0.717, 1.165) is 5.56 Å². The smallest absolute Gasteiger partial charge is 0.265 e. The Morgan fingerprint density at radius 3 is 2.71 bits per heavy atom. The van der Waals surface area contributed by atoms with Crippen molar-refractivity contribution in [2.75, 3.05) is 7.11 Å². The number of benzene rings is 1. The lowest BCUT2D eigenvalue weighted by Crippen LogP contribution is -2.00. The minimum atomic E-state index is -0.649. The molecule has 14 heavy (non-hydrogen) atoms. The molecule has 1 aromatic carbocycles. The first kappa shape index (κ1) is 10.6. The quantitative estimate of drug-likeness (QED) is 0.555. The maximum absolute atomic E-state index is 11.2. The predicted octanol–water partition coefficient (Wildman–Crippen LogP) is 2.36. The summed E-state index contributed by atoms with van der Waals surface area (Å²) < 4.78 is 4.97. The van der Waals surface area contributed by atoms with E-state index >= 15 is 0 Å². The number of methoxy groups -OCH3 is 1. The fourth-order valence-electron chi connectivity index (χ4n) is 1.06. The van der Waals surface area contributed by atoms with Crippen molar-refractivity contribution in [1.29, 1.82) is 5.26 Å². The number of Topliss-reactive ketones (excluding diaryl/α,β-unsaturated/α-hetero) is 1. The van der Waals surface area contributed by atoms with Crippen molar-refractivity contribution < 1.29 is 9.53 Å². The summed E-state index contributed by atoms with van der Waals surface area (Å²) in [5.41, 5.74) is 1.00. The topological polar surface area (TPSA) is 50.1 Å². The van der Waals surface area contributed by atoms with Gasteiger partial charge in [-0.1, -0.05) is 11.6 Å². The molecular weight excluding hydrogens is 202 g/mol. The molecule has 1 rings (SSSR count). The molecule has 0 saturated carbocycles. The number of carbonyl (C=O) groups is 1. The van der Waals surface area contributed by atoms with E-state index in [1.807, 2.05) is 0 Å². The van der Waals surface area contributed by atoms with Crippen LogP contribution in [0.4, 0.5) is 0 Å². The highest BCUT2D eigenvalue weighted by atomic mass is 35.5. The molecule has 0 spiro atoms. The van der Waals surface area contributed by atoms with Gasteiger partial charge in [-0.25, -0.2) is 0 Å². The highest BCUT2D eigenvalue weighted by Gasteiger charge is 2.13. The summed E-state index contributed by atoms with van der Waals surface area (Å²) in [6, 6.07) is 4.60. The molecule has 4 heteroatoms. The molecule has 0 saturated heterocycles. The van der Waals surface area contributed by atoms with Crippen LogP contribution in [0.2, 0.25) is 5.02 Å². The number of ketones is 1. The molecule has 72 valence electrons. The normalized spacial score (nSPS) is 9.29. The molecule has 0 aromatic heterocycles. The molecule has 0 atom stereocenters. The molecule has 0 fully saturated rings. The summed E-state index contributed by atoms with van der Waals surface area (Å²) in [5.74, 6) is -0.276. The number of hydrogen-bond acceptors (Lipinski definition) is 3. The molecule has 0 aliphatic carbocycles. The van der Waals surface area contributed by atoms with Crippen LogP contribution < -0.4 is 4.74 Å². The van der Waals surface area contributed by atoms with Gasteiger partial charge < -0.3 is 4.74 Å². The lowest BCUT2D eigenvalue weighted by atomic mass is 10.1. The monoisotopic (exact) mass is 209 g/mol. The summed E-state index contributed by atoms with van der Waals surface area (Å²) in [5, 5.41) is 8.92. The largest absolute Gasteiger partial charge is 0.496 e. The molecule has 0 N–H and O–H groups in total. The summed E-state index contributed by atoms with van der Waals surface area (Å²) >= 11 is 5.83. The Labute approximate surface area is 86.9 Å². The van der Waals surface area contributed by atoms with Crippen LogP contribution in [0.1, 0.15) is 15.9 Å². The maximum atomic E-state index is 11.2. The number of nitriles is 1. The van der Waals surface area contributed by atoms with Gasteiger partial charge in [-0.05, 0) is 24.6 Å². The summed E-state index contributed by atoms with van der Waals surface area (Å²) in [6.45, 7) is 1.80. The summed E-state index contributed by atoms with van der Waals surface area (Å²) in [7, 11) is 1.44. The molecule has 1 aromatic rings. The van der Waals surface area contributed by atoms with Crippen molar-refractivity contribution in [2.24, 2.45) is 0 Å². The van der Waals surface area contributed by atoms with E-state index in [4.69, 9.17) is 21.6 Å². The van der Waals surface area contributed by atoms with Crippen molar-refractivity contribution in [1.82, 2.24) is 0 Å². The van der Waals surface area contributed by atoms with Gasteiger partial charge in [-0.3, -0.25) is 4.79 Å². The first-order chi connectivity index (χ1) is 6.60. The molecule has 0 heterocycles. The number of rotatable bonds is 2. The van der Waals surface area contributed by atoms with Crippen LogP contribution in [-0.2, 0) is 0 Å². The van der Waals surface area contributed by atoms with E-state index in [-0.39, 0.29) is 5.56 Å². The molecule has 3 nitrogen and oxygen atoms in total. The standard InChI is InChI=1S/C10H8ClNO2/c1-6-3-10(14-2)7(4-8(6)11)9(13)5-12/h3-4H,1-2H3. The lowest BCUT2D eigenvalue weighted by molar-refractivity contribution is 0.105. The van der Waals surface area contributed by atoms with E-state index in [9.17, 15) is 4.79 Å². The number of ether oxygens (including phenoxy) is 1. The number of aryl methyl sites for hydroxylation is 1. The number of nitrogens with zero attached hydrogens (tertiary/aromatic N) is 1. The fourth-order valence-corrected chi connectivity index (χ4v) is 1.23. The third-order valence-electron chi connectivity index (χ3n) is 1.83. The Morgan fingerprint density at radius 1 is 1.57 bits per heavy atom. The Balaban J connectivity index is 3.36. The van der Waals surface area contributed by atoms with Crippen molar-refractivity contribution >= 4 is 17.4 Å². The van der Waals surface area contributed by atoms with E-state index in [2.05, 4.69) is 0 Å². The van der Waals surface area contributed by atoms with Crippen molar-refractivity contribution in [2.45, 2.75) is 6.92 Å². The van der Waals surface area contributed by atoms with Crippen molar-refractivity contribution in [3.63, 3.8) is 0 Å². The first-order valence-corrected chi connectivity index (χ1v) is 4.26. The van der Waals surface area contributed by atoms with E-state index in [1.165, 1.54) is 19.2 Å². The summed E-state index contributed by atoms with van der Waals surface area (Å²) in [4.78, 5) is 11.2. The Morgan fingerprint density at radius 2 is 2.21 bits per heavy atom. The molecule has 0 aliphatic heterocycles. The minimum Gasteiger partial charge on any atom is -0.496 e. The maximum Gasteiger partial charge on any atom is 0.265 e. The number of carbonyl (C=O) groups excluding carboxylic acids is 1. The minimum absolute atomic E-state index is 0.200. The second-order valence-corrected chi connectivity index (χ2v) is 3.15. The van der Waals surface area contributed by atoms with Crippen LogP contribution in [0.15, 0.2) is 12.1 Å². The van der Waals surface area contributed by atoms with Gasteiger partial charge in [0.1, 0.15) is 11.8 Å². The average molecular weight is 210 g/mol. The third kappa shape index (κ3) is 1.86. The number of halogens is 1. The third-order valence-corrected chi connectivity index (χ3v) is 2.23. The zero-order valence-electron chi connectivity index (χ0n) is 7.80. The van der Waals surface area contributed by atoms with Crippen LogP contribution in [0.5, 0.6) is 5.75 Å². The van der Waals surface area contributed by atoms with Crippen molar-refractivity contribution in [3.8, 4) is 11.8 Å². The summed E-state index contributed by atoms with van der Waals surface area (Å²) in [6.07, 6.45) is 0. The highest BCUT2D eigenvalue weighted by Crippen LogP contribution is 2.26. The first-order valence-electron chi connectivity index (χ1n) is 3.88. The van der Waals surface area contributed by atoms with Gasteiger partial charge in [-0.15, -0.1) is 0 Å². The van der Waals surface area contributed by atoms with Gasteiger partial charge in [0, 0.05) is 5.02 Å². The van der Waals surface area contributed by atoms with Gasteiger partial charge in [-0.2, -0.15) is 5.26 Å². The van der Waals surface area contributed by atoms with Crippen LogP contribution in [0, 0.1) is 18.3 Å². The van der Waals surface area contributed by atoms with Gasteiger partial charge in [0.15, 0.2) is 0 Å². The average Bonchev–Trinajstić information content (AvgIpc) is 2.20. The Hall–Kier alpha value is -1.53. The van der Waals surface area contributed by atoms with Crippen molar-refractivity contribution in [3.05, 3.63) is 28.3 Å². The van der Waals surface area contributed by atoms with Crippen LogP contribution in [0.3, 0.4) is 0 Å². The van der Waals surface area contributed by atoms with Gasteiger partial charge >= 0.3 is 0 Å². The zero-order chi connectivity index (χ0) is 10.7.